The highest BCUT2D eigenvalue weighted by Gasteiger charge is 2.21. The van der Waals surface area contributed by atoms with Crippen molar-refractivity contribution >= 4 is 23.4 Å². The monoisotopic (exact) mass is 444 g/mol. The molecule has 1 aromatic heterocycles. The number of para-hydroxylation sites is 2. The first-order chi connectivity index (χ1) is 15.6. The van der Waals surface area contributed by atoms with Gasteiger partial charge in [-0.3, -0.25) is 9.36 Å². The van der Waals surface area contributed by atoms with E-state index in [1.165, 1.54) is 11.8 Å². The number of aryl methyl sites for hydroxylation is 1. The Kier molecular flexibility index (Phi) is 6.87. The van der Waals surface area contributed by atoms with Crippen LogP contribution in [0.1, 0.15) is 18.3 Å². The van der Waals surface area contributed by atoms with E-state index in [2.05, 4.69) is 15.5 Å². The third-order valence-corrected chi connectivity index (χ3v) is 5.84. The zero-order valence-electron chi connectivity index (χ0n) is 17.9. The first kappa shape index (κ1) is 21.6. The summed E-state index contributed by atoms with van der Waals surface area (Å²) in [6, 6.07) is 27.2. The van der Waals surface area contributed by atoms with Crippen molar-refractivity contribution in [3.05, 3.63) is 96.3 Å². The Bertz CT molecular complexity index is 1160. The highest BCUT2D eigenvalue weighted by molar-refractivity contribution is 8.00. The molecule has 0 aliphatic rings. The molecule has 0 bridgehead atoms. The van der Waals surface area contributed by atoms with E-state index in [9.17, 15) is 4.79 Å². The van der Waals surface area contributed by atoms with Crippen molar-refractivity contribution in [1.29, 1.82) is 0 Å². The summed E-state index contributed by atoms with van der Waals surface area (Å²) in [5.41, 5.74) is 2.83. The second-order valence-corrected chi connectivity index (χ2v) is 8.59. The molecule has 1 heterocycles. The predicted octanol–water partition coefficient (Wildman–Crippen LogP) is 5.27. The summed E-state index contributed by atoms with van der Waals surface area (Å²) in [6.07, 6.45) is 0. The normalized spacial score (nSPS) is 11.7. The average Bonchev–Trinajstić information content (AvgIpc) is 3.22. The molecule has 0 spiro atoms. The van der Waals surface area contributed by atoms with Gasteiger partial charge in [-0.05, 0) is 50.2 Å². The first-order valence-corrected chi connectivity index (χ1v) is 11.2. The third-order valence-electron chi connectivity index (χ3n) is 4.80. The van der Waals surface area contributed by atoms with E-state index >= 15 is 0 Å². The number of ether oxygens (including phenoxy) is 1. The zero-order valence-corrected chi connectivity index (χ0v) is 18.8. The minimum Gasteiger partial charge on any atom is -0.486 e. The number of thioether (sulfide) groups is 1. The van der Waals surface area contributed by atoms with E-state index in [1.54, 1.807) is 0 Å². The van der Waals surface area contributed by atoms with Gasteiger partial charge in [0.25, 0.3) is 0 Å². The molecule has 3 aromatic carbocycles. The van der Waals surface area contributed by atoms with Crippen LogP contribution in [0, 0.1) is 6.92 Å². The summed E-state index contributed by atoms with van der Waals surface area (Å²) in [4.78, 5) is 12.8. The number of hydrogen-bond acceptors (Lipinski definition) is 5. The molecule has 0 aliphatic heterocycles. The minimum atomic E-state index is -0.370. The Hall–Kier alpha value is -3.58. The number of carbonyl (C=O) groups is 1. The number of nitrogens with one attached hydrogen (secondary N) is 1. The maximum absolute atomic E-state index is 12.8. The molecule has 0 saturated carbocycles. The van der Waals surface area contributed by atoms with Gasteiger partial charge in [0.15, 0.2) is 11.0 Å². The van der Waals surface area contributed by atoms with E-state index in [1.807, 2.05) is 103 Å². The number of benzene rings is 3. The van der Waals surface area contributed by atoms with E-state index in [0.717, 1.165) is 22.7 Å². The van der Waals surface area contributed by atoms with Gasteiger partial charge in [0.1, 0.15) is 12.4 Å². The van der Waals surface area contributed by atoms with Crippen LogP contribution < -0.4 is 10.1 Å². The smallest absolute Gasteiger partial charge is 0.237 e. The van der Waals surface area contributed by atoms with Crippen molar-refractivity contribution in [1.82, 2.24) is 14.8 Å². The lowest BCUT2D eigenvalue weighted by atomic mass is 10.2. The van der Waals surface area contributed by atoms with Crippen LogP contribution in [0.2, 0.25) is 0 Å². The van der Waals surface area contributed by atoms with Crippen molar-refractivity contribution in [2.75, 3.05) is 5.32 Å². The molecule has 0 saturated heterocycles. The fourth-order valence-electron chi connectivity index (χ4n) is 3.06. The Morgan fingerprint density at radius 1 is 0.969 bits per heavy atom. The number of amides is 1. The summed E-state index contributed by atoms with van der Waals surface area (Å²) >= 11 is 1.36. The van der Waals surface area contributed by atoms with E-state index in [4.69, 9.17) is 4.74 Å². The van der Waals surface area contributed by atoms with E-state index < -0.39 is 0 Å². The largest absolute Gasteiger partial charge is 0.486 e. The van der Waals surface area contributed by atoms with E-state index in [0.29, 0.717) is 11.0 Å². The zero-order chi connectivity index (χ0) is 22.3. The molecule has 1 atom stereocenters. The van der Waals surface area contributed by atoms with Crippen LogP contribution in [-0.2, 0) is 11.4 Å². The van der Waals surface area contributed by atoms with Crippen molar-refractivity contribution in [2.45, 2.75) is 30.9 Å². The summed E-state index contributed by atoms with van der Waals surface area (Å²) < 4.78 is 7.83. The van der Waals surface area contributed by atoms with Crippen molar-refractivity contribution in [3.63, 3.8) is 0 Å². The Balaban J connectivity index is 1.52. The van der Waals surface area contributed by atoms with Gasteiger partial charge >= 0.3 is 0 Å². The molecule has 0 fully saturated rings. The quantitative estimate of drug-likeness (QED) is 0.375. The second-order valence-electron chi connectivity index (χ2n) is 7.29. The molecule has 32 heavy (non-hydrogen) atoms. The Labute approximate surface area is 191 Å². The fourth-order valence-corrected chi connectivity index (χ4v) is 3.95. The number of anilines is 1. The minimum absolute atomic E-state index is 0.0939. The van der Waals surface area contributed by atoms with Gasteiger partial charge in [-0.1, -0.05) is 65.9 Å². The van der Waals surface area contributed by atoms with Gasteiger partial charge in [-0.15, -0.1) is 10.2 Å². The lowest BCUT2D eigenvalue weighted by Gasteiger charge is -2.14. The molecular weight excluding hydrogens is 420 g/mol. The fraction of sp³-hybridized carbons (Fsp3) is 0.160. The molecule has 0 radical (unpaired) electrons. The standard InChI is InChI=1S/C25H24N4O2S/c1-18-13-15-20(16-14-18)26-24(30)19(2)32-25-28-27-23(17-31-22-11-7-4-8-12-22)29(25)21-9-5-3-6-10-21/h3-16,19H,17H2,1-2H3,(H,26,30)/t19-/m1/s1. The lowest BCUT2D eigenvalue weighted by molar-refractivity contribution is -0.115. The maximum atomic E-state index is 12.8. The third kappa shape index (κ3) is 5.36. The summed E-state index contributed by atoms with van der Waals surface area (Å²) in [5, 5.41) is 11.9. The molecule has 1 N–H and O–H groups in total. The predicted molar refractivity (Wildman–Crippen MR) is 127 cm³/mol. The number of rotatable bonds is 8. The number of hydrogen-bond donors (Lipinski definition) is 1. The van der Waals surface area contributed by atoms with Crippen LogP contribution in [0.15, 0.2) is 90.1 Å². The molecule has 4 rings (SSSR count). The molecule has 4 aromatic rings. The molecule has 0 unspecified atom stereocenters. The Morgan fingerprint density at radius 3 is 2.31 bits per heavy atom. The van der Waals surface area contributed by atoms with Crippen LogP contribution in [0.25, 0.3) is 5.69 Å². The van der Waals surface area contributed by atoms with Gasteiger partial charge in [0.05, 0.1) is 5.25 Å². The van der Waals surface area contributed by atoms with Gasteiger partial charge in [0.2, 0.25) is 5.91 Å². The SMILES string of the molecule is Cc1ccc(NC(=O)[C@@H](C)Sc2nnc(COc3ccccc3)n2-c2ccccc2)cc1. The van der Waals surface area contributed by atoms with Crippen LogP contribution >= 0.6 is 11.8 Å². The van der Waals surface area contributed by atoms with Crippen LogP contribution in [0.3, 0.4) is 0 Å². The second kappa shape index (κ2) is 10.2. The first-order valence-electron chi connectivity index (χ1n) is 10.3. The lowest BCUT2D eigenvalue weighted by Crippen LogP contribution is -2.23. The van der Waals surface area contributed by atoms with Gasteiger partial charge in [-0.25, -0.2) is 0 Å². The topological polar surface area (TPSA) is 69.0 Å². The van der Waals surface area contributed by atoms with Gasteiger partial charge in [-0.2, -0.15) is 0 Å². The van der Waals surface area contributed by atoms with Crippen molar-refractivity contribution in [2.24, 2.45) is 0 Å². The maximum Gasteiger partial charge on any atom is 0.237 e. The number of carbonyl (C=O) groups excluding carboxylic acids is 1. The summed E-state index contributed by atoms with van der Waals surface area (Å²) in [7, 11) is 0. The van der Waals surface area contributed by atoms with Crippen LogP contribution in [-0.4, -0.2) is 25.9 Å². The number of nitrogens with zero attached hydrogens (tertiary/aromatic N) is 3. The molecule has 1 amide bonds. The van der Waals surface area contributed by atoms with Crippen molar-refractivity contribution < 1.29 is 9.53 Å². The van der Waals surface area contributed by atoms with Crippen molar-refractivity contribution in [3.8, 4) is 11.4 Å². The highest BCUT2D eigenvalue weighted by Crippen LogP contribution is 2.27. The van der Waals surface area contributed by atoms with Gasteiger partial charge < -0.3 is 10.1 Å². The van der Waals surface area contributed by atoms with E-state index in [-0.39, 0.29) is 17.8 Å². The number of aromatic nitrogens is 3. The highest BCUT2D eigenvalue weighted by atomic mass is 32.2. The average molecular weight is 445 g/mol. The van der Waals surface area contributed by atoms with Crippen LogP contribution in [0.4, 0.5) is 5.69 Å². The molecule has 6 nitrogen and oxygen atoms in total. The van der Waals surface area contributed by atoms with Crippen LogP contribution in [0.5, 0.6) is 5.75 Å². The van der Waals surface area contributed by atoms with Gasteiger partial charge in [0, 0.05) is 11.4 Å². The summed E-state index contributed by atoms with van der Waals surface area (Å²) in [6.45, 7) is 4.13. The molecule has 162 valence electrons. The molecule has 0 aliphatic carbocycles. The summed E-state index contributed by atoms with van der Waals surface area (Å²) in [5.74, 6) is 1.33. The molecular formula is C25H24N4O2S. The Morgan fingerprint density at radius 2 is 1.62 bits per heavy atom. The molecule has 7 heteroatoms.